The summed E-state index contributed by atoms with van der Waals surface area (Å²) in [6.07, 6.45) is 1.65. The van der Waals surface area contributed by atoms with Crippen LogP contribution < -0.4 is 11.1 Å². The molecular formula is C13H14BrN3. The number of hydrogen-bond acceptors (Lipinski definition) is 3. The number of nitrogens with two attached hydrogens (primary N) is 1. The van der Waals surface area contributed by atoms with E-state index in [1.165, 1.54) is 5.56 Å². The van der Waals surface area contributed by atoms with Gasteiger partial charge in [0.2, 0.25) is 0 Å². The molecule has 0 amide bonds. The molecule has 1 aromatic carbocycles. The third-order valence-corrected chi connectivity index (χ3v) is 3.13. The number of nitrogens with one attached hydrogen (secondary N) is 1. The molecule has 0 saturated heterocycles. The van der Waals surface area contributed by atoms with Gasteiger partial charge in [-0.2, -0.15) is 0 Å². The summed E-state index contributed by atoms with van der Waals surface area (Å²) in [6.45, 7) is 4.04. The topological polar surface area (TPSA) is 50.9 Å². The lowest BCUT2D eigenvalue weighted by molar-refractivity contribution is 1.25. The molecule has 0 aliphatic carbocycles. The maximum Gasteiger partial charge on any atom is 0.133 e. The average molecular weight is 292 g/mol. The summed E-state index contributed by atoms with van der Waals surface area (Å²) in [5, 5.41) is 3.28. The number of aromatic nitrogens is 1. The molecule has 0 saturated carbocycles. The maximum atomic E-state index is 5.67. The zero-order valence-electron chi connectivity index (χ0n) is 9.79. The Kier molecular flexibility index (Phi) is 3.33. The molecule has 0 aliphatic heterocycles. The smallest absolute Gasteiger partial charge is 0.133 e. The molecule has 0 atom stereocenters. The molecule has 4 heteroatoms. The van der Waals surface area contributed by atoms with E-state index in [1.807, 2.05) is 19.1 Å². The van der Waals surface area contributed by atoms with E-state index >= 15 is 0 Å². The maximum absolute atomic E-state index is 5.67. The molecule has 1 heterocycles. The minimum Gasteiger partial charge on any atom is -0.397 e. The fourth-order valence-electron chi connectivity index (χ4n) is 1.58. The number of anilines is 3. The number of nitrogen functional groups attached to an aromatic ring is 1. The van der Waals surface area contributed by atoms with E-state index in [-0.39, 0.29) is 0 Å². The Morgan fingerprint density at radius 2 is 2.00 bits per heavy atom. The SMILES string of the molecule is Cc1ccc(Nc2ncc(N)cc2C)c(Br)c1. The summed E-state index contributed by atoms with van der Waals surface area (Å²) in [5.74, 6) is 0.823. The Hall–Kier alpha value is -1.55. The van der Waals surface area contributed by atoms with Gasteiger partial charge in [-0.05, 0) is 59.1 Å². The summed E-state index contributed by atoms with van der Waals surface area (Å²) >= 11 is 3.53. The predicted molar refractivity (Wildman–Crippen MR) is 75.5 cm³/mol. The van der Waals surface area contributed by atoms with Gasteiger partial charge in [0, 0.05) is 4.47 Å². The third kappa shape index (κ3) is 2.77. The van der Waals surface area contributed by atoms with E-state index in [2.05, 4.69) is 45.3 Å². The van der Waals surface area contributed by atoms with Crippen LogP contribution in [0, 0.1) is 13.8 Å². The van der Waals surface area contributed by atoms with Crippen LogP contribution in [0.15, 0.2) is 34.9 Å². The molecule has 2 aromatic rings. The van der Waals surface area contributed by atoms with Crippen LogP contribution in [0.4, 0.5) is 17.2 Å². The fourth-order valence-corrected chi connectivity index (χ4v) is 2.17. The van der Waals surface area contributed by atoms with Crippen molar-refractivity contribution in [3.8, 4) is 0 Å². The predicted octanol–water partition coefficient (Wildman–Crippen LogP) is 3.79. The summed E-state index contributed by atoms with van der Waals surface area (Å²) < 4.78 is 1.02. The van der Waals surface area contributed by atoms with Crippen LogP contribution in [-0.2, 0) is 0 Å². The average Bonchev–Trinajstić information content (AvgIpc) is 2.25. The molecule has 0 unspecified atom stereocenters. The van der Waals surface area contributed by atoms with Crippen molar-refractivity contribution >= 4 is 33.1 Å². The van der Waals surface area contributed by atoms with E-state index in [4.69, 9.17) is 5.73 Å². The number of halogens is 1. The van der Waals surface area contributed by atoms with Crippen molar-refractivity contribution < 1.29 is 0 Å². The molecule has 1 aromatic heterocycles. The molecule has 3 nitrogen and oxygen atoms in total. The number of aryl methyl sites for hydroxylation is 2. The van der Waals surface area contributed by atoms with Gasteiger partial charge < -0.3 is 11.1 Å². The molecule has 0 bridgehead atoms. The fraction of sp³-hybridized carbons (Fsp3) is 0.154. The van der Waals surface area contributed by atoms with Crippen LogP contribution in [-0.4, -0.2) is 4.98 Å². The quantitative estimate of drug-likeness (QED) is 0.885. The zero-order valence-corrected chi connectivity index (χ0v) is 11.4. The first-order valence-corrected chi connectivity index (χ1v) is 6.11. The monoisotopic (exact) mass is 291 g/mol. The molecular weight excluding hydrogens is 278 g/mol. The van der Waals surface area contributed by atoms with Crippen LogP contribution in [0.2, 0.25) is 0 Å². The standard InChI is InChI=1S/C13H14BrN3/c1-8-3-4-12(11(14)5-8)17-13-9(2)6-10(15)7-16-13/h3-7H,15H2,1-2H3,(H,16,17). The van der Waals surface area contributed by atoms with Crippen LogP contribution in [0.3, 0.4) is 0 Å². The molecule has 17 heavy (non-hydrogen) atoms. The van der Waals surface area contributed by atoms with Gasteiger partial charge in [-0.15, -0.1) is 0 Å². The van der Waals surface area contributed by atoms with E-state index < -0.39 is 0 Å². The van der Waals surface area contributed by atoms with Crippen molar-refractivity contribution in [2.24, 2.45) is 0 Å². The van der Waals surface area contributed by atoms with Crippen LogP contribution in [0.5, 0.6) is 0 Å². The minimum atomic E-state index is 0.677. The molecule has 3 N–H and O–H groups in total. The molecule has 0 spiro atoms. The number of nitrogens with zero attached hydrogens (tertiary/aromatic N) is 1. The van der Waals surface area contributed by atoms with Crippen LogP contribution in [0.25, 0.3) is 0 Å². The van der Waals surface area contributed by atoms with Crippen molar-refractivity contribution in [1.82, 2.24) is 4.98 Å². The van der Waals surface area contributed by atoms with E-state index in [0.717, 1.165) is 21.5 Å². The van der Waals surface area contributed by atoms with Gasteiger partial charge in [0.25, 0.3) is 0 Å². The lowest BCUT2D eigenvalue weighted by atomic mass is 10.2. The Morgan fingerprint density at radius 3 is 2.65 bits per heavy atom. The van der Waals surface area contributed by atoms with Crippen molar-refractivity contribution in [1.29, 1.82) is 0 Å². The highest BCUT2D eigenvalue weighted by molar-refractivity contribution is 9.10. The number of rotatable bonds is 2. The highest BCUT2D eigenvalue weighted by Crippen LogP contribution is 2.27. The second kappa shape index (κ2) is 4.75. The van der Waals surface area contributed by atoms with Gasteiger partial charge in [0.05, 0.1) is 17.6 Å². The molecule has 88 valence electrons. The molecule has 0 aliphatic rings. The molecule has 0 fully saturated rings. The summed E-state index contributed by atoms with van der Waals surface area (Å²) in [4.78, 5) is 4.28. The highest BCUT2D eigenvalue weighted by atomic mass is 79.9. The molecule has 0 radical (unpaired) electrons. The first-order chi connectivity index (χ1) is 8.06. The largest absolute Gasteiger partial charge is 0.397 e. The first-order valence-electron chi connectivity index (χ1n) is 5.31. The molecule has 2 rings (SSSR count). The van der Waals surface area contributed by atoms with Crippen molar-refractivity contribution in [3.05, 3.63) is 46.1 Å². The highest BCUT2D eigenvalue weighted by Gasteiger charge is 2.04. The van der Waals surface area contributed by atoms with Crippen LogP contribution >= 0.6 is 15.9 Å². The van der Waals surface area contributed by atoms with Gasteiger partial charge >= 0.3 is 0 Å². The first kappa shape index (κ1) is 11.9. The second-order valence-corrected chi connectivity index (χ2v) is 4.90. The van der Waals surface area contributed by atoms with Gasteiger partial charge in [0.1, 0.15) is 5.82 Å². The number of hydrogen-bond donors (Lipinski definition) is 2. The van der Waals surface area contributed by atoms with Gasteiger partial charge in [0.15, 0.2) is 0 Å². The van der Waals surface area contributed by atoms with Crippen LogP contribution in [0.1, 0.15) is 11.1 Å². The Bertz CT molecular complexity index is 503. The van der Waals surface area contributed by atoms with E-state index in [1.54, 1.807) is 6.20 Å². The zero-order chi connectivity index (χ0) is 12.4. The van der Waals surface area contributed by atoms with Gasteiger partial charge in [-0.3, -0.25) is 0 Å². The lowest BCUT2D eigenvalue weighted by Crippen LogP contribution is -1.98. The minimum absolute atomic E-state index is 0.677. The Labute approximate surface area is 109 Å². The van der Waals surface area contributed by atoms with E-state index in [9.17, 15) is 0 Å². The van der Waals surface area contributed by atoms with Crippen molar-refractivity contribution in [3.63, 3.8) is 0 Å². The van der Waals surface area contributed by atoms with Crippen molar-refractivity contribution in [2.45, 2.75) is 13.8 Å². The summed E-state index contributed by atoms with van der Waals surface area (Å²) in [7, 11) is 0. The second-order valence-electron chi connectivity index (χ2n) is 4.04. The number of benzene rings is 1. The summed E-state index contributed by atoms with van der Waals surface area (Å²) in [6, 6.07) is 8.04. The van der Waals surface area contributed by atoms with Crippen molar-refractivity contribution in [2.75, 3.05) is 11.1 Å². The number of pyridine rings is 1. The van der Waals surface area contributed by atoms with Gasteiger partial charge in [-0.1, -0.05) is 6.07 Å². The Balaban J connectivity index is 2.31. The van der Waals surface area contributed by atoms with Gasteiger partial charge in [-0.25, -0.2) is 4.98 Å². The lowest BCUT2D eigenvalue weighted by Gasteiger charge is -2.11. The Morgan fingerprint density at radius 1 is 1.24 bits per heavy atom. The van der Waals surface area contributed by atoms with E-state index in [0.29, 0.717) is 5.69 Å². The normalized spacial score (nSPS) is 10.3. The summed E-state index contributed by atoms with van der Waals surface area (Å²) in [5.41, 5.74) is 9.58. The third-order valence-electron chi connectivity index (χ3n) is 2.48.